The van der Waals surface area contributed by atoms with Gasteiger partial charge in [0, 0.05) is 25.6 Å². The first kappa shape index (κ1) is 14.4. The number of rotatable bonds is 4. The maximum absolute atomic E-state index is 12.3. The van der Waals surface area contributed by atoms with Crippen LogP contribution in [0.3, 0.4) is 0 Å². The highest BCUT2D eigenvalue weighted by atomic mass is 16.7. The number of carbonyl (C=O) groups excluding carboxylic acids is 2. The van der Waals surface area contributed by atoms with Crippen LogP contribution in [0.4, 0.5) is 0 Å². The van der Waals surface area contributed by atoms with Gasteiger partial charge in [0.25, 0.3) is 0 Å². The van der Waals surface area contributed by atoms with E-state index in [0.717, 1.165) is 24.2 Å². The molecule has 2 heterocycles. The molecular formula is C17H20N2O4. The molecule has 1 aromatic carbocycles. The van der Waals surface area contributed by atoms with Crippen molar-refractivity contribution in [3.63, 3.8) is 0 Å². The van der Waals surface area contributed by atoms with Crippen LogP contribution in [-0.4, -0.2) is 36.1 Å². The van der Waals surface area contributed by atoms with Gasteiger partial charge in [0.1, 0.15) is 0 Å². The molecule has 0 aromatic heterocycles. The lowest BCUT2D eigenvalue weighted by atomic mass is 9.92. The Balaban J connectivity index is 1.32. The molecule has 6 nitrogen and oxygen atoms in total. The first-order valence-electron chi connectivity index (χ1n) is 8.16. The van der Waals surface area contributed by atoms with Gasteiger partial charge < -0.3 is 19.7 Å². The van der Waals surface area contributed by atoms with E-state index >= 15 is 0 Å². The lowest BCUT2D eigenvalue weighted by Gasteiger charge is -2.34. The van der Waals surface area contributed by atoms with Gasteiger partial charge in [0.2, 0.25) is 18.6 Å². The number of nitrogens with one attached hydrogen (secondary N) is 1. The van der Waals surface area contributed by atoms with Gasteiger partial charge in [-0.3, -0.25) is 9.59 Å². The van der Waals surface area contributed by atoms with Crippen LogP contribution in [-0.2, 0) is 16.1 Å². The molecule has 1 aromatic rings. The maximum atomic E-state index is 12.3. The Morgan fingerprint density at radius 1 is 1.26 bits per heavy atom. The molecule has 1 aliphatic carbocycles. The Bertz CT molecular complexity index is 641. The number of ether oxygens (including phenoxy) is 2. The molecule has 0 bridgehead atoms. The van der Waals surface area contributed by atoms with Crippen molar-refractivity contribution in [3.8, 4) is 11.5 Å². The minimum absolute atomic E-state index is 0.0437. The van der Waals surface area contributed by atoms with Crippen LogP contribution in [0.5, 0.6) is 11.5 Å². The normalized spacial score (nSPS) is 23.0. The van der Waals surface area contributed by atoms with Crippen molar-refractivity contribution in [1.29, 1.82) is 0 Å². The lowest BCUT2D eigenvalue weighted by molar-refractivity contribution is -0.131. The maximum Gasteiger partial charge on any atom is 0.231 e. The molecule has 2 aliphatic heterocycles. The van der Waals surface area contributed by atoms with Gasteiger partial charge >= 0.3 is 0 Å². The number of carbonyl (C=O) groups is 2. The van der Waals surface area contributed by atoms with Gasteiger partial charge in [0.15, 0.2) is 11.5 Å². The molecule has 23 heavy (non-hydrogen) atoms. The zero-order valence-electron chi connectivity index (χ0n) is 12.9. The van der Waals surface area contributed by atoms with E-state index in [1.54, 1.807) is 0 Å². The van der Waals surface area contributed by atoms with Crippen LogP contribution in [0.1, 0.15) is 31.2 Å². The standard InChI is InChI=1S/C17H20N2O4/c20-16-7-12(9-19(16)13-2-1-3-13)17(21)18-8-11-4-5-14-15(6-11)23-10-22-14/h4-6,12-13H,1-3,7-10H2,(H,18,21). The number of benzene rings is 1. The van der Waals surface area contributed by atoms with E-state index < -0.39 is 0 Å². The molecule has 1 saturated carbocycles. The number of likely N-dealkylation sites (tertiary alicyclic amines) is 1. The fourth-order valence-corrected chi connectivity index (χ4v) is 3.34. The summed E-state index contributed by atoms with van der Waals surface area (Å²) in [5.41, 5.74) is 0.961. The summed E-state index contributed by atoms with van der Waals surface area (Å²) in [5.74, 6) is 1.30. The summed E-state index contributed by atoms with van der Waals surface area (Å²) in [4.78, 5) is 26.3. The van der Waals surface area contributed by atoms with Crippen LogP contribution in [0.25, 0.3) is 0 Å². The molecule has 1 N–H and O–H groups in total. The first-order chi connectivity index (χ1) is 11.2. The second-order valence-corrected chi connectivity index (χ2v) is 6.44. The van der Waals surface area contributed by atoms with Crippen molar-refractivity contribution in [3.05, 3.63) is 23.8 Å². The van der Waals surface area contributed by atoms with Gasteiger partial charge in [-0.1, -0.05) is 6.07 Å². The lowest BCUT2D eigenvalue weighted by Crippen LogP contribution is -2.42. The summed E-state index contributed by atoms with van der Waals surface area (Å²) >= 11 is 0. The SMILES string of the molecule is O=C(NCc1ccc2c(c1)OCO2)C1CC(=O)N(C2CCC2)C1. The molecule has 1 unspecified atom stereocenters. The van der Waals surface area contributed by atoms with Crippen LogP contribution in [0, 0.1) is 5.92 Å². The Hall–Kier alpha value is -2.24. The Morgan fingerprint density at radius 2 is 2.09 bits per heavy atom. The Labute approximate surface area is 134 Å². The van der Waals surface area contributed by atoms with Crippen LogP contribution < -0.4 is 14.8 Å². The highest BCUT2D eigenvalue weighted by molar-refractivity contribution is 5.89. The average Bonchev–Trinajstić information content (AvgIpc) is 3.10. The smallest absolute Gasteiger partial charge is 0.231 e. The van der Waals surface area contributed by atoms with Crippen LogP contribution in [0.15, 0.2) is 18.2 Å². The second-order valence-electron chi connectivity index (χ2n) is 6.44. The molecule has 122 valence electrons. The minimum Gasteiger partial charge on any atom is -0.454 e. The van der Waals surface area contributed by atoms with Crippen molar-refractivity contribution < 1.29 is 19.1 Å². The number of fused-ring (bicyclic) bond motifs is 1. The summed E-state index contributed by atoms with van der Waals surface area (Å²) < 4.78 is 10.6. The van der Waals surface area contributed by atoms with E-state index in [1.165, 1.54) is 6.42 Å². The van der Waals surface area contributed by atoms with Gasteiger partial charge in [-0.2, -0.15) is 0 Å². The van der Waals surface area contributed by atoms with E-state index in [9.17, 15) is 9.59 Å². The Morgan fingerprint density at radius 3 is 2.87 bits per heavy atom. The number of nitrogens with zero attached hydrogens (tertiary/aromatic N) is 1. The van der Waals surface area contributed by atoms with Crippen LogP contribution in [0.2, 0.25) is 0 Å². The fraction of sp³-hybridized carbons (Fsp3) is 0.529. The zero-order chi connectivity index (χ0) is 15.8. The molecule has 6 heteroatoms. The Kier molecular flexibility index (Phi) is 3.59. The first-order valence-corrected chi connectivity index (χ1v) is 8.16. The van der Waals surface area contributed by atoms with Crippen LogP contribution >= 0.6 is 0 Å². The zero-order valence-corrected chi connectivity index (χ0v) is 12.9. The van der Waals surface area contributed by atoms with E-state index in [2.05, 4.69) is 5.32 Å². The third kappa shape index (κ3) is 2.73. The quantitative estimate of drug-likeness (QED) is 0.912. The minimum atomic E-state index is -0.225. The van der Waals surface area contributed by atoms with E-state index in [0.29, 0.717) is 31.3 Å². The predicted molar refractivity (Wildman–Crippen MR) is 81.9 cm³/mol. The molecular weight excluding hydrogens is 296 g/mol. The van der Waals surface area contributed by atoms with Crippen molar-refractivity contribution >= 4 is 11.8 Å². The molecule has 3 aliphatic rings. The molecule has 0 spiro atoms. The summed E-state index contributed by atoms with van der Waals surface area (Å²) in [6.07, 6.45) is 3.69. The van der Waals surface area contributed by atoms with Gasteiger partial charge in [0.05, 0.1) is 5.92 Å². The largest absolute Gasteiger partial charge is 0.454 e. The molecule has 0 radical (unpaired) electrons. The summed E-state index contributed by atoms with van der Waals surface area (Å²) in [5, 5.41) is 2.93. The average molecular weight is 316 g/mol. The molecule has 4 rings (SSSR count). The topological polar surface area (TPSA) is 67.9 Å². The van der Waals surface area contributed by atoms with Crippen molar-refractivity contribution in [2.45, 2.75) is 38.3 Å². The van der Waals surface area contributed by atoms with Gasteiger partial charge in [-0.15, -0.1) is 0 Å². The van der Waals surface area contributed by atoms with E-state index in [-0.39, 0.29) is 24.5 Å². The number of hydrogen-bond donors (Lipinski definition) is 1. The van der Waals surface area contributed by atoms with Crippen molar-refractivity contribution in [1.82, 2.24) is 10.2 Å². The molecule has 1 atom stereocenters. The molecule has 2 fully saturated rings. The van der Waals surface area contributed by atoms with Gasteiger partial charge in [-0.05, 0) is 37.0 Å². The molecule has 2 amide bonds. The van der Waals surface area contributed by atoms with E-state index in [4.69, 9.17) is 9.47 Å². The summed E-state index contributed by atoms with van der Waals surface area (Å²) in [7, 11) is 0. The number of hydrogen-bond acceptors (Lipinski definition) is 4. The second kappa shape index (κ2) is 5.76. The van der Waals surface area contributed by atoms with E-state index in [1.807, 2.05) is 23.1 Å². The van der Waals surface area contributed by atoms with Crippen molar-refractivity contribution in [2.75, 3.05) is 13.3 Å². The third-order valence-corrected chi connectivity index (χ3v) is 4.95. The third-order valence-electron chi connectivity index (χ3n) is 4.95. The monoisotopic (exact) mass is 316 g/mol. The van der Waals surface area contributed by atoms with Gasteiger partial charge in [-0.25, -0.2) is 0 Å². The highest BCUT2D eigenvalue weighted by Crippen LogP contribution is 2.33. The summed E-state index contributed by atoms with van der Waals surface area (Å²) in [6, 6.07) is 6.01. The molecule has 1 saturated heterocycles. The fourth-order valence-electron chi connectivity index (χ4n) is 3.34. The number of amides is 2. The highest BCUT2D eigenvalue weighted by Gasteiger charge is 2.39. The van der Waals surface area contributed by atoms with Crippen molar-refractivity contribution in [2.24, 2.45) is 5.92 Å². The predicted octanol–water partition coefficient (Wildman–Crippen LogP) is 1.43. The summed E-state index contributed by atoms with van der Waals surface area (Å²) in [6.45, 7) is 1.24.